The Hall–Kier alpha value is -1.52. The summed E-state index contributed by atoms with van der Waals surface area (Å²) in [6.07, 6.45) is 0.0310. The van der Waals surface area contributed by atoms with E-state index in [4.69, 9.17) is 0 Å². The molecule has 1 aliphatic rings. The molecule has 0 radical (unpaired) electrons. The number of pyridine rings is 1. The van der Waals surface area contributed by atoms with Gasteiger partial charge in [-0.1, -0.05) is 6.92 Å². The molecule has 0 bridgehead atoms. The van der Waals surface area contributed by atoms with Gasteiger partial charge in [0.2, 0.25) is 0 Å². The third kappa shape index (κ3) is 2.09. The third-order valence-corrected chi connectivity index (χ3v) is 3.52. The first-order valence-corrected chi connectivity index (χ1v) is 5.95. The minimum atomic E-state index is -4.19. The number of alkyl halides is 3. The van der Waals surface area contributed by atoms with Gasteiger partial charge in [-0.15, -0.1) is 0 Å². The predicted molar refractivity (Wildman–Crippen MR) is 62.3 cm³/mol. The first-order chi connectivity index (χ1) is 8.44. The van der Waals surface area contributed by atoms with Crippen LogP contribution in [0.4, 0.5) is 13.2 Å². The van der Waals surface area contributed by atoms with Gasteiger partial charge in [0.1, 0.15) is 6.54 Å². The van der Waals surface area contributed by atoms with Crippen LogP contribution in [0.2, 0.25) is 0 Å². The van der Waals surface area contributed by atoms with Gasteiger partial charge in [-0.3, -0.25) is 4.98 Å². The van der Waals surface area contributed by atoms with Crippen LogP contribution in [0.3, 0.4) is 0 Å². The zero-order valence-corrected chi connectivity index (χ0v) is 9.91. The summed E-state index contributed by atoms with van der Waals surface area (Å²) in [5, 5.41) is 0.760. The largest absolute Gasteiger partial charge is 0.406 e. The molecule has 96 valence electrons. The molecule has 2 atom stereocenters. The van der Waals surface area contributed by atoms with Crippen molar-refractivity contribution in [2.24, 2.45) is 5.92 Å². The number of hydrogen-bond donors (Lipinski definition) is 0. The third-order valence-electron chi connectivity index (χ3n) is 3.52. The van der Waals surface area contributed by atoms with Crippen LogP contribution in [0, 0.1) is 5.92 Å². The molecule has 3 rings (SSSR count). The summed E-state index contributed by atoms with van der Waals surface area (Å²) >= 11 is 0. The Morgan fingerprint density at radius 1 is 1.44 bits per heavy atom. The van der Waals surface area contributed by atoms with Gasteiger partial charge >= 0.3 is 6.18 Å². The lowest BCUT2D eigenvalue weighted by atomic mass is 10.2. The molecular weight excluding hydrogens is 241 g/mol. The van der Waals surface area contributed by atoms with Gasteiger partial charge in [-0.2, -0.15) is 13.2 Å². The molecule has 0 amide bonds. The van der Waals surface area contributed by atoms with Crippen LogP contribution < -0.4 is 0 Å². The topological polar surface area (TPSA) is 17.8 Å². The first-order valence-electron chi connectivity index (χ1n) is 5.95. The van der Waals surface area contributed by atoms with E-state index in [-0.39, 0.29) is 0 Å². The highest BCUT2D eigenvalue weighted by Gasteiger charge is 2.35. The fraction of sp³-hybridized carbons (Fsp3) is 0.462. The molecular formula is C13H13F3N2. The molecule has 2 aromatic heterocycles. The van der Waals surface area contributed by atoms with Crippen molar-refractivity contribution in [1.29, 1.82) is 0 Å². The molecule has 0 unspecified atom stereocenters. The fourth-order valence-corrected chi connectivity index (χ4v) is 2.37. The highest BCUT2D eigenvalue weighted by atomic mass is 19.4. The second-order valence-corrected chi connectivity index (χ2v) is 5.05. The van der Waals surface area contributed by atoms with E-state index in [2.05, 4.69) is 11.9 Å². The molecule has 0 N–H and O–H groups in total. The number of fused-ring (bicyclic) bond motifs is 1. The Bertz CT molecular complexity index is 585. The van der Waals surface area contributed by atoms with Crippen molar-refractivity contribution in [3.8, 4) is 0 Å². The van der Waals surface area contributed by atoms with Gasteiger partial charge in [0.15, 0.2) is 0 Å². The van der Waals surface area contributed by atoms with Crippen molar-refractivity contribution in [3.63, 3.8) is 0 Å². The van der Waals surface area contributed by atoms with Crippen LogP contribution >= 0.6 is 0 Å². The van der Waals surface area contributed by atoms with E-state index in [9.17, 15) is 13.2 Å². The summed E-state index contributed by atoms with van der Waals surface area (Å²) in [7, 11) is 0. The van der Waals surface area contributed by atoms with Gasteiger partial charge in [0.25, 0.3) is 0 Å². The lowest BCUT2D eigenvalue weighted by Gasteiger charge is -2.09. The standard InChI is InChI=1S/C13H13F3N2/c1-8-4-10(8)11-5-12-9(6-17-11)2-3-18(12)7-13(14,15)16/h2-3,5-6,8,10H,4,7H2,1H3/t8-,10-/m0/s1. The molecule has 18 heavy (non-hydrogen) atoms. The van der Waals surface area contributed by atoms with Crippen LogP contribution in [-0.2, 0) is 6.54 Å². The number of hydrogen-bond acceptors (Lipinski definition) is 1. The van der Waals surface area contributed by atoms with Crippen LogP contribution in [0.1, 0.15) is 25.0 Å². The van der Waals surface area contributed by atoms with E-state index in [0.29, 0.717) is 17.4 Å². The van der Waals surface area contributed by atoms with E-state index < -0.39 is 12.7 Å². The van der Waals surface area contributed by atoms with Crippen molar-refractivity contribution in [2.75, 3.05) is 0 Å². The Morgan fingerprint density at radius 3 is 2.78 bits per heavy atom. The average Bonchev–Trinajstić information content (AvgIpc) is 2.88. The molecule has 1 saturated carbocycles. The van der Waals surface area contributed by atoms with Gasteiger partial charge in [0, 0.05) is 29.4 Å². The second-order valence-electron chi connectivity index (χ2n) is 5.05. The minimum Gasteiger partial charge on any atom is -0.338 e. The summed E-state index contributed by atoms with van der Waals surface area (Å²) in [5.41, 5.74) is 1.54. The molecule has 2 heterocycles. The van der Waals surface area contributed by atoms with Crippen molar-refractivity contribution in [1.82, 2.24) is 9.55 Å². The summed E-state index contributed by atoms with van der Waals surface area (Å²) in [6.45, 7) is 1.19. The van der Waals surface area contributed by atoms with Gasteiger partial charge in [0.05, 0.1) is 5.52 Å². The Morgan fingerprint density at radius 2 is 2.17 bits per heavy atom. The Labute approximate surface area is 102 Å². The quantitative estimate of drug-likeness (QED) is 0.798. The smallest absolute Gasteiger partial charge is 0.338 e. The zero-order valence-electron chi connectivity index (χ0n) is 9.91. The fourth-order valence-electron chi connectivity index (χ4n) is 2.37. The van der Waals surface area contributed by atoms with Crippen LogP contribution in [0.5, 0.6) is 0 Å². The monoisotopic (exact) mass is 254 g/mol. The van der Waals surface area contributed by atoms with Crippen molar-refractivity contribution < 1.29 is 13.2 Å². The maximum absolute atomic E-state index is 12.4. The molecule has 2 nitrogen and oxygen atoms in total. The van der Waals surface area contributed by atoms with Crippen LogP contribution in [-0.4, -0.2) is 15.7 Å². The maximum Gasteiger partial charge on any atom is 0.406 e. The van der Waals surface area contributed by atoms with Crippen LogP contribution in [0.15, 0.2) is 24.5 Å². The molecule has 2 aromatic rings. The second kappa shape index (κ2) is 3.73. The molecule has 1 aliphatic carbocycles. The normalized spacial score (nSPS) is 23.6. The van der Waals surface area contributed by atoms with E-state index in [1.807, 2.05) is 0 Å². The van der Waals surface area contributed by atoms with Gasteiger partial charge < -0.3 is 4.57 Å². The molecule has 0 spiro atoms. The van der Waals surface area contributed by atoms with E-state index in [1.54, 1.807) is 18.3 Å². The molecule has 1 fully saturated rings. The number of aromatic nitrogens is 2. The minimum absolute atomic E-state index is 0.420. The maximum atomic E-state index is 12.4. The number of halogens is 3. The lowest BCUT2D eigenvalue weighted by molar-refractivity contribution is -0.139. The van der Waals surface area contributed by atoms with Crippen molar-refractivity contribution in [3.05, 3.63) is 30.2 Å². The van der Waals surface area contributed by atoms with Gasteiger partial charge in [-0.05, 0) is 24.5 Å². The highest BCUT2D eigenvalue weighted by Crippen LogP contribution is 2.46. The SMILES string of the molecule is C[C@H]1C[C@@H]1c1cc2c(ccn2CC(F)(F)F)cn1. The predicted octanol–water partition coefficient (Wildman–Crippen LogP) is 3.72. The Balaban J connectivity index is 2.00. The van der Waals surface area contributed by atoms with E-state index in [0.717, 1.165) is 17.5 Å². The van der Waals surface area contributed by atoms with E-state index >= 15 is 0 Å². The van der Waals surface area contributed by atoms with Crippen molar-refractivity contribution >= 4 is 10.9 Å². The average molecular weight is 254 g/mol. The van der Waals surface area contributed by atoms with E-state index in [1.165, 1.54) is 10.8 Å². The summed E-state index contributed by atoms with van der Waals surface area (Å²) in [4.78, 5) is 4.33. The van der Waals surface area contributed by atoms with Crippen LogP contribution in [0.25, 0.3) is 10.9 Å². The zero-order chi connectivity index (χ0) is 12.9. The first kappa shape index (κ1) is 11.6. The molecule has 5 heteroatoms. The summed E-state index contributed by atoms with van der Waals surface area (Å²) < 4.78 is 38.6. The lowest BCUT2D eigenvalue weighted by Crippen LogP contribution is -2.16. The summed E-state index contributed by atoms with van der Waals surface area (Å²) in [6, 6.07) is 3.48. The van der Waals surface area contributed by atoms with Crippen molar-refractivity contribution in [2.45, 2.75) is 32.0 Å². The molecule has 0 aliphatic heterocycles. The molecule has 0 saturated heterocycles. The van der Waals surface area contributed by atoms with Gasteiger partial charge in [-0.25, -0.2) is 0 Å². The highest BCUT2D eigenvalue weighted by molar-refractivity contribution is 5.79. The molecule has 0 aromatic carbocycles. The Kier molecular flexibility index (Phi) is 2.40. The number of nitrogens with zero attached hydrogens (tertiary/aromatic N) is 2. The summed E-state index contributed by atoms with van der Waals surface area (Å²) in [5.74, 6) is 1.02. The number of rotatable bonds is 2.